The average Bonchev–Trinajstić information content (AvgIpc) is 3.47. The molecule has 13 rings (SSSR count). The van der Waals surface area contributed by atoms with Crippen molar-refractivity contribution < 1.29 is 52.7 Å². The van der Waals surface area contributed by atoms with Crippen LogP contribution in [-0.2, 0) is 47.4 Å². The van der Waals surface area contributed by atoms with Crippen LogP contribution in [-0.4, -0.2) is 65.7 Å². The van der Waals surface area contributed by atoms with Gasteiger partial charge in [0.15, 0.2) is 5.79 Å². The number of ether oxygens (including phenoxy) is 5. The number of esters is 3. The monoisotopic (exact) mass is 758 g/mol. The van der Waals surface area contributed by atoms with Gasteiger partial charge < -0.3 is 23.7 Å². The van der Waals surface area contributed by atoms with E-state index in [9.17, 15) is 14.4 Å². The van der Waals surface area contributed by atoms with Gasteiger partial charge in [-0.15, -0.1) is 4.33 Å². The van der Waals surface area contributed by atoms with Crippen LogP contribution >= 0.6 is 12.0 Å². The Morgan fingerprint density at radius 3 is 1.45 bits per heavy atom. The Hall–Kier alpha value is -1.44. The van der Waals surface area contributed by atoms with Gasteiger partial charge in [0.2, 0.25) is 0 Å². The maximum atomic E-state index is 14.0. The van der Waals surface area contributed by atoms with Crippen molar-refractivity contribution in [3.05, 3.63) is 0 Å². The lowest BCUT2D eigenvalue weighted by atomic mass is 9.47. The molecule has 0 aromatic rings. The van der Waals surface area contributed by atoms with Gasteiger partial charge >= 0.3 is 17.9 Å². The van der Waals surface area contributed by atoms with Crippen LogP contribution < -0.4 is 0 Å². The lowest BCUT2D eigenvalue weighted by Crippen LogP contribution is -2.63. The number of rotatable bonds is 12. The summed E-state index contributed by atoms with van der Waals surface area (Å²) in [5.41, 5.74) is -0.894. The Morgan fingerprint density at radius 2 is 1.04 bits per heavy atom. The molecular weight excluding hydrogens is 701 g/mol. The summed E-state index contributed by atoms with van der Waals surface area (Å²) in [6, 6.07) is 0. The predicted molar refractivity (Wildman–Crippen MR) is 189 cm³/mol. The van der Waals surface area contributed by atoms with Gasteiger partial charge in [-0.3, -0.25) is 14.4 Å². The van der Waals surface area contributed by atoms with Crippen molar-refractivity contribution in [3.8, 4) is 0 Å². The molecule has 12 saturated carbocycles. The van der Waals surface area contributed by atoms with Crippen LogP contribution in [0, 0.1) is 69.5 Å². The minimum Gasteiger partial charge on any atom is -0.464 e. The molecule has 12 bridgehead atoms. The van der Waals surface area contributed by atoms with Gasteiger partial charge in [-0.1, -0.05) is 5.04 Å². The zero-order valence-electron chi connectivity index (χ0n) is 31.4. The second-order valence-electron chi connectivity index (χ2n) is 20.8. The molecule has 1 spiro atoms. The van der Waals surface area contributed by atoms with Crippen molar-refractivity contribution in [1.82, 2.24) is 0 Å². The first-order valence-corrected chi connectivity index (χ1v) is 21.7. The van der Waals surface area contributed by atoms with Crippen LogP contribution in [0.2, 0.25) is 0 Å². The third-order valence-corrected chi connectivity index (χ3v) is 17.2. The van der Waals surface area contributed by atoms with Crippen LogP contribution in [0.1, 0.15) is 123 Å². The van der Waals surface area contributed by atoms with Crippen molar-refractivity contribution in [2.45, 2.75) is 146 Å². The summed E-state index contributed by atoms with van der Waals surface area (Å²) < 4.78 is 36.2. The highest BCUT2D eigenvalue weighted by Crippen LogP contribution is 2.67. The first-order valence-electron chi connectivity index (χ1n) is 20.9. The minimum atomic E-state index is -1.06. The molecule has 12 aliphatic carbocycles. The molecule has 0 aromatic heterocycles. The summed E-state index contributed by atoms with van der Waals surface area (Å²) in [5, 5.41) is 12.3. The first-order chi connectivity index (χ1) is 25.4. The fourth-order valence-electron chi connectivity index (χ4n) is 15.5. The third-order valence-electron chi connectivity index (χ3n) is 16.5. The van der Waals surface area contributed by atoms with Gasteiger partial charge in [-0.05, 0) is 164 Å². The molecule has 1 heterocycles. The van der Waals surface area contributed by atoms with Crippen LogP contribution in [0.5, 0.6) is 0 Å². The van der Waals surface area contributed by atoms with Crippen molar-refractivity contribution in [1.29, 1.82) is 0 Å². The molecular formula is C41H58O11S. The van der Waals surface area contributed by atoms with Gasteiger partial charge in [0.25, 0.3) is 0 Å². The maximum absolute atomic E-state index is 14.0. The summed E-state index contributed by atoms with van der Waals surface area (Å²) in [5.74, 6) is 3.14. The molecule has 53 heavy (non-hydrogen) atoms. The number of hydrogen-bond donors (Lipinski definition) is 1. The largest absolute Gasteiger partial charge is 0.464 e. The van der Waals surface area contributed by atoms with E-state index in [0.29, 0.717) is 60.1 Å². The Morgan fingerprint density at radius 1 is 0.623 bits per heavy atom. The van der Waals surface area contributed by atoms with Crippen LogP contribution in [0.4, 0.5) is 0 Å². The Bertz CT molecular complexity index is 1340. The van der Waals surface area contributed by atoms with E-state index in [1.165, 1.54) is 38.5 Å². The summed E-state index contributed by atoms with van der Waals surface area (Å²) in [4.78, 5) is 41.1. The molecule has 1 saturated heterocycles. The van der Waals surface area contributed by atoms with E-state index in [4.69, 9.17) is 28.9 Å². The highest BCUT2D eigenvalue weighted by atomic mass is 32.2. The molecule has 0 radical (unpaired) electrons. The summed E-state index contributed by atoms with van der Waals surface area (Å²) in [6.07, 6.45) is 16.8. The molecule has 4 atom stereocenters. The molecule has 0 amide bonds. The molecule has 12 heteroatoms. The van der Waals surface area contributed by atoms with E-state index < -0.39 is 28.7 Å². The fraction of sp³-hybridized carbons (Fsp3) is 0.927. The predicted octanol–water partition coefficient (Wildman–Crippen LogP) is 7.20. The smallest absolute Gasteiger partial charge is 0.324 e. The lowest BCUT2D eigenvalue weighted by molar-refractivity contribution is -0.432. The van der Waals surface area contributed by atoms with E-state index in [1.807, 2.05) is 0 Å². The number of carbonyl (C=O) groups is 3. The van der Waals surface area contributed by atoms with Crippen molar-refractivity contribution >= 4 is 30.0 Å². The van der Waals surface area contributed by atoms with Crippen molar-refractivity contribution in [2.24, 2.45) is 69.5 Å². The Balaban J connectivity index is 0.852. The Kier molecular flexibility index (Phi) is 8.67. The van der Waals surface area contributed by atoms with Crippen LogP contribution in [0.3, 0.4) is 0 Å². The molecule has 1 aliphatic heterocycles. The van der Waals surface area contributed by atoms with Gasteiger partial charge in [-0.25, -0.2) is 5.26 Å². The molecule has 4 unspecified atom stereocenters. The molecule has 0 aromatic carbocycles. The van der Waals surface area contributed by atoms with E-state index in [2.05, 4.69) is 9.37 Å². The molecule has 13 aliphatic rings. The van der Waals surface area contributed by atoms with Gasteiger partial charge in [-0.2, -0.15) is 0 Å². The van der Waals surface area contributed by atoms with Crippen molar-refractivity contribution in [3.63, 3.8) is 0 Å². The maximum Gasteiger partial charge on any atom is 0.324 e. The van der Waals surface area contributed by atoms with Gasteiger partial charge in [0.1, 0.15) is 30.2 Å². The lowest BCUT2D eigenvalue weighted by Gasteiger charge is -2.62. The normalized spacial score (nSPS) is 49.5. The van der Waals surface area contributed by atoms with E-state index in [1.54, 1.807) is 13.8 Å². The SMILES string of the molecule is CC(C)(SOOO)C(=O)OCC12CC3CC(C1)C1(OC(COC(=O)C45CC6CC(CC(C6)C4)C5)C(COC(=O)C45CC6CC(CC(C6)C4)C5)O1)C(C3)C2. The second-order valence-corrected chi connectivity index (χ2v) is 22.1. The molecule has 13 fully saturated rings. The topological polar surface area (TPSA) is 136 Å². The third kappa shape index (κ3) is 6.03. The zero-order chi connectivity index (χ0) is 36.4. The van der Waals surface area contributed by atoms with Gasteiger partial charge in [0, 0.05) is 17.3 Å². The van der Waals surface area contributed by atoms with E-state index >= 15 is 0 Å². The molecule has 294 valence electrons. The Labute approximate surface area is 317 Å². The highest BCUT2D eigenvalue weighted by molar-refractivity contribution is 7.96. The second kappa shape index (κ2) is 12.8. The summed E-state index contributed by atoms with van der Waals surface area (Å²) in [7, 11) is 0. The van der Waals surface area contributed by atoms with Crippen LogP contribution in [0.25, 0.3) is 0 Å². The van der Waals surface area contributed by atoms with Gasteiger partial charge in [0.05, 0.1) is 29.5 Å². The summed E-state index contributed by atoms with van der Waals surface area (Å²) in [6.45, 7) is 3.86. The average molecular weight is 759 g/mol. The standard InChI is InChI=1S/C41H58O11S/c1-37(2,53-52-51-45)34(42)48-22-38-11-29-9-30(18-38)41(31(10-29)19-38)49-32(20-46-35(43)39-12-23-3-24(13-39)5-25(4-23)14-39)33(50-41)21-47-36(44)40-15-26-6-27(16-40)8-28(7-26)17-40/h23-33,45H,3-22H2,1-2H3. The fourth-order valence-corrected chi connectivity index (χ4v) is 15.8. The number of carbonyl (C=O) groups excluding carboxylic acids is 3. The minimum absolute atomic E-state index is 0.0617. The zero-order valence-corrected chi connectivity index (χ0v) is 32.2. The van der Waals surface area contributed by atoms with Crippen molar-refractivity contribution in [2.75, 3.05) is 19.8 Å². The highest BCUT2D eigenvalue weighted by Gasteiger charge is 2.68. The summed E-state index contributed by atoms with van der Waals surface area (Å²) >= 11 is 0.705. The van der Waals surface area contributed by atoms with E-state index in [-0.39, 0.29) is 53.2 Å². The van der Waals surface area contributed by atoms with Crippen LogP contribution in [0.15, 0.2) is 0 Å². The quantitative estimate of drug-likeness (QED) is 0.0709. The number of hydrogen-bond acceptors (Lipinski definition) is 12. The van der Waals surface area contributed by atoms with E-state index in [0.717, 1.165) is 70.6 Å². The first kappa shape index (κ1) is 35.9. The molecule has 1 N–H and O–H groups in total. The molecule has 11 nitrogen and oxygen atoms in total.